The lowest BCUT2D eigenvalue weighted by atomic mass is 10.2. The maximum Gasteiger partial charge on any atom is 0.387 e. The van der Waals surface area contributed by atoms with Crippen LogP contribution in [-0.2, 0) is 14.3 Å². The lowest BCUT2D eigenvalue weighted by molar-refractivity contribution is -0.384. The van der Waals surface area contributed by atoms with Crippen LogP contribution in [-0.4, -0.2) is 57.9 Å². The summed E-state index contributed by atoms with van der Waals surface area (Å²) in [5.41, 5.74) is 0.507. The Morgan fingerprint density at radius 3 is 2.75 bits per heavy atom. The van der Waals surface area contributed by atoms with E-state index in [0.29, 0.717) is 17.5 Å². The highest BCUT2D eigenvalue weighted by Crippen LogP contribution is 2.33. The van der Waals surface area contributed by atoms with E-state index in [0.717, 1.165) is 24.6 Å². The zero-order chi connectivity index (χ0) is 25.7. The number of nitro benzene ring substituents is 1. The zero-order valence-electron chi connectivity index (χ0n) is 18.8. The Labute approximate surface area is 208 Å². The first-order chi connectivity index (χ1) is 17.3. The van der Waals surface area contributed by atoms with Crippen LogP contribution in [0.25, 0.3) is 0 Å². The number of alkyl halides is 2. The molecule has 1 N–H and O–H groups in total. The Balaban J connectivity index is 1.48. The summed E-state index contributed by atoms with van der Waals surface area (Å²) in [6, 6.07) is 11.2. The Bertz CT molecular complexity index is 1160. The van der Waals surface area contributed by atoms with Crippen LogP contribution in [0.3, 0.4) is 0 Å². The van der Waals surface area contributed by atoms with Gasteiger partial charge in [0.1, 0.15) is 11.0 Å². The highest BCUT2D eigenvalue weighted by atomic mass is 32.2. The first-order valence-corrected chi connectivity index (χ1v) is 11.9. The second-order valence-corrected chi connectivity index (χ2v) is 9.19. The van der Waals surface area contributed by atoms with Gasteiger partial charge in [-0.15, -0.1) is 0 Å². The molecule has 36 heavy (non-hydrogen) atoms. The minimum absolute atomic E-state index is 0.0176. The van der Waals surface area contributed by atoms with Crippen LogP contribution in [0.5, 0.6) is 5.75 Å². The van der Waals surface area contributed by atoms with Crippen molar-refractivity contribution >= 4 is 45.8 Å². The van der Waals surface area contributed by atoms with Crippen molar-refractivity contribution in [3.05, 3.63) is 58.6 Å². The van der Waals surface area contributed by atoms with E-state index in [-0.39, 0.29) is 42.1 Å². The van der Waals surface area contributed by atoms with Crippen LogP contribution in [0, 0.1) is 10.1 Å². The van der Waals surface area contributed by atoms with E-state index in [2.05, 4.69) is 15.0 Å². The number of amidine groups is 1. The summed E-state index contributed by atoms with van der Waals surface area (Å²) in [5.74, 6) is -0.801. The Morgan fingerprint density at radius 1 is 1.31 bits per heavy atom. The monoisotopic (exact) mass is 520 g/mol. The number of benzene rings is 2. The van der Waals surface area contributed by atoms with E-state index < -0.39 is 22.7 Å². The first-order valence-electron chi connectivity index (χ1n) is 11.1. The van der Waals surface area contributed by atoms with Gasteiger partial charge in [0.25, 0.3) is 5.69 Å². The van der Waals surface area contributed by atoms with E-state index in [1.807, 2.05) is 0 Å². The molecular weight excluding hydrogens is 498 g/mol. The molecule has 2 aromatic rings. The van der Waals surface area contributed by atoms with Crippen molar-refractivity contribution in [1.29, 1.82) is 0 Å². The lowest BCUT2D eigenvalue weighted by Crippen LogP contribution is -2.38. The van der Waals surface area contributed by atoms with Gasteiger partial charge in [0.15, 0.2) is 5.17 Å². The van der Waals surface area contributed by atoms with Crippen LogP contribution in [0.4, 0.5) is 25.8 Å². The van der Waals surface area contributed by atoms with Crippen molar-refractivity contribution in [1.82, 2.24) is 4.90 Å². The molecule has 0 spiro atoms. The number of amides is 2. The molecule has 2 aromatic carbocycles. The number of nitro groups is 1. The molecule has 190 valence electrons. The Kier molecular flexibility index (Phi) is 8.10. The average molecular weight is 521 g/mol. The second kappa shape index (κ2) is 11.4. The van der Waals surface area contributed by atoms with Crippen molar-refractivity contribution in [3.63, 3.8) is 0 Å². The fourth-order valence-electron chi connectivity index (χ4n) is 3.78. The molecular formula is C23H22F2N4O6S. The summed E-state index contributed by atoms with van der Waals surface area (Å²) in [6.07, 6.45) is 1.35. The van der Waals surface area contributed by atoms with Crippen LogP contribution in [0.15, 0.2) is 53.5 Å². The Morgan fingerprint density at radius 2 is 2.08 bits per heavy atom. The molecule has 0 saturated carbocycles. The van der Waals surface area contributed by atoms with Gasteiger partial charge in [-0.3, -0.25) is 24.6 Å². The van der Waals surface area contributed by atoms with Gasteiger partial charge in [-0.1, -0.05) is 17.8 Å². The van der Waals surface area contributed by atoms with Crippen LogP contribution >= 0.6 is 11.8 Å². The predicted molar refractivity (Wildman–Crippen MR) is 129 cm³/mol. The van der Waals surface area contributed by atoms with Crippen LogP contribution < -0.4 is 10.1 Å². The molecule has 2 saturated heterocycles. The van der Waals surface area contributed by atoms with Gasteiger partial charge in [-0.25, -0.2) is 4.99 Å². The molecule has 4 rings (SSSR count). The van der Waals surface area contributed by atoms with E-state index in [1.54, 1.807) is 0 Å². The van der Waals surface area contributed by atoms with Gasteiger partial charge in [0.2, 0.25) is 11.8 Å². The van der Waals surface area contributed by atoms with Gasteiger partial charge in [-0.2, -0.15) is 8.78 Å². The summed E-state index contributed by atoms with van der Waals surface area (Å²) < 4.78 is 34.8. The van der Waals surface area contributed by atoms with E-state index in [4.69, 9.17) is 4.74 Å². The summed E-state index contributed by atoms with van der Waals surface area (Å²) in [7, 11) is 0. The van der Waals surface area contributed by atoms with Crippen molar-refractivity contribution in [3.8, 4) is 5.75 Å². The minimum atomic E-state index is -2.94. The topological polar surface area (TPSA) is 123 Å². The molecule has 0 unspecified atom stereocenters. The molecule has 2 aliphatic heterocycles. The van der Waals surface area contributed by atoms with Gasteiger partial charge < -0.3 is 14.8 Å². The number of aliphatic imine (C=N–C) groups is 1. The molecule has 2 amide bonds. The number of hydrogen-bond acceptors (Lipinski definition) is 8. The normalized spacial score (nSPS) is 20.8. The fourth-order valence-corrected chi connectivity index (χ4v) is 4.94. The number of non-ortho nitro benzene ring substituents is 1. The maximum absolute atomic E-state index is 13.2. The number of nitrogens with one attached hydrogen (secondary N) is 1. The highest BCUT2D eigenvalue weighted by Gasteiger charge is 2.40. The fraction of sp³-hybridized carbons (Fsp3) is 0.348. The molecule has 0 radical (unpaired) electrons. The zero-order valence-corrected chi connectivity index (χ0v) is 19.7. The number of anilines is 1. The SMILES string of the molecule is O=C(C[C@@H]1SC(=Nc2ccc(OC(F)F)cc2)N(C[C@@H]2CCCO2)C1=O)Nc1cccc([N+](=O)[O-])c1. The smallest absolute Gasteiger partial charge is 0.387 e. The summed E-state index contributed by atoms with van der Waals surface area (Å²) >= 11 is 1.12. The first kappa shape index (κ1) is 25.5. The van der Waals surface area contributed by atoms with Gasteiger partial charge in [0, 0.05) is 30.8 Å². The molecule has 0 bridgehead atoms. The Hall–Kier alpha value is -3.58. The van der Waals surface area contributed by atoms with Crippen molar-refractivity contribution in [2.75, 3.05) is 18.5 Å². The number of ether oxygens (including phenoxy) is 2. The third-order valence-corrected chi connectivity index (χ3v) is 6.60. The number of rotatable bonds is 9. The maximum atomic E-state index is 13.2. The van der Waals surface area contributed by atoms with Gasteiger partial charge >= 0.3 is 6.61 Å². The quantitative estimate of drug-likeness (QED) is 0.385. The predicted octanol–water partition coefficient (Wildman–Crippen LogP) is 4.34. The number of thioether (sulfide) groups is 1. The number of carbonyl (C=O) groups is 2. The molecule has 0 aliphatic carbocycles. The number of nitrogens with zero attached hydrogens (tertiary/aromatic N) is 3. The summed E-state index contributed by atoms with van der Waals surface area (Å²) in [4.78, 5) is 42.2. The van der Waals surface area contributed by atoms with Crippen LogP contribution in [0.1, 0.15) is 19.3 Å². The summed E-state index contributed by atoms with van der Waals surface area (Å²) in [5, 5.41) is 13.2. The molecule has 2 heterocycles. The molecule has 2 aliphatic rings. The minimum Gasteiger partial charge on any atom is -0.435 e. The average Bonchev–Trinajstić information content (AvgIpc) is 3.44. The van der Waals surface area contributed by atoms with Crippen LogP contribution in [0.2, 0.25) is 0 Å². The molecule has 0 aromatic heterocycles. The molecule has 2 fully saturated rings. The van der Waals surface area contributed by atoms with Crippen molar-refractivity contribution in [2.45, 2.75) is 37.2 Å². The number of hydrogen-bond donors (Lipinski definition) is 1. The highest BCUT2D eigenvalue weighted by molar-refractivity contribution is 8.15. The second-order valence-electron chi connectivity index (χ2n) is 8.02. The standard InChI is InChI=1S/C23H22F2N4O6S/c24-22(25)35-17-8-6-14(7-9-17)27-23-28(13-18-5-2-10-34-18)21(31)19(36-23)12-20(30)26-15-3-1-4-16(11-15)29(32)33/h1,3-4,6-9,11,18-19,22H,2,5,10,12-13H2,(H,26,30)/t18-,19-/m0/s1. The van der Waals surface area contributed by atoms with Gasteiger partial charge in [0.05, 0.1) is 23.3 Å². The summed E-state index contributed by atoms with van der Waals surface area (Å²) in [6.45, 7) is -2.06. The van der Waals surface area contributed by atoms with E-state index >= 15 is 0 Å². The molecule has 2 atom stereocenters. The lowest BCUT2D eigenvalue weighted by Gasteiger charge is -2.20. The van der Waals surface area contributed by atoms with Gasteiger partial charge in [-0.05, 0) is 43.2 Å². The van der Waals surface area contributed by atoms with E-state index in [9.17, 15) is 28.5 Å². The number of carbonyl (C=O) groups excluding carboxylic acids is 2. The van der Waals surface area contributed by atoms with E-state index in [1.165, 1.54) is 53.4 Å². The third-order valence-electron chi connectivity index (χ3n) is 5.43. The molecule has 13 heteroatoms. The van der Waals surface area contributed by atoms with Crippen molar-refractivity contribution in [2.24, 2.45) is 4.99 Å². The van der Waals surface area contributed by atoms with Crippen molar-refractivity contribution < 1.29 is 32.8 Å². The third kappa shape index (κ3) is 6.55. The number of halogens is 2. The largest absolute Gasteiger partial charge is 0.435 e. The molecule has 10 nitrogen and oxygen atoms in total.